The van der Waals surface area contributed by atoms with Crippen molar-refractivity contribution in [1.29, 1.82) is 0 Å². The van der Waals surface area contributed by atoms with Crippen molar-refractivity contribution in [2.45, 2.75) is 19.1 Å². The first-order valence-electron chi connectivity index (χ1n) is 7.35. The molecule has 0 spiro atoms. The lowest BCUT2D eigenvalue weighted by molar-refractivity contribution is -0.140. The molecular weight excluding hydrogens is 331 g/mol. The third kappa shape index (κ3) is 4.39. The summed E-state index contributed by atoms with van der Waals surface area (Å²) in [4.78, 5) is 24.7. The van der Waals surface area contributed by atoms with E-state index in [9.17, 15) is 14.0 Å². The zero-order chi connectivity index (χ0) is 17.6. The zero-order valence-corrected chi connectivity index (χ0v) is 14.3. The number of carbonyl (C=O) groups is 2. The van der Waals surface area contributed by atoms with E-state index in [-0.39, 0.29) is 6.54 Å². The zero-order valence-electron chi connectivity index (χ0n) is 13.5. The molecule has 1 aromatic carbocycles. The number of ether oxygens (including phenoxy) is 1. The lowest BCUT2D eigenvalue weighted by Crippen LogP contribution is -2.46. The number of hydrogen-bond donors (Lipinski definition) is 2. The monoisotopic (exact) mass is 350 g/mol. The van der Waals surface area contributed by atoms with Crippen LogP contribution in [0, 0.1) is 5.82 Å². The molecule has 2 rings (SSSR count). The minimum atomic E-state index is -1.07. The third-order valence-electron chi connectivity index (χ3n) is 3.69. The molecule has 0 saturated carbocycles. The standard InChI is InChI=1S/C17H19FN2O3S/c1-17(23-2,13-7-3-4-8-14(13)18)11-20-16(22)15(21)19-10-12-6-5-9-24-12/h3-9H,10-11H2,1-2H3,(H,19,21)(H,20,22)/t17-/m0/s1. The molecule has 0 aliphatic rings. The fourth-order valence-corrected chi connectivity index (χ4v) is 2.80. The van der Waals surface area contributed by atoms with Crippen molar-refractivity contribution in [3.8, 4) is 0 Å². The van der Waals surface area contributed by atoms with Crippen LogP contribution in [0.3, 0.4) is 0 Å². The molecule has 0 unspecified atom stereocenters. The van der Waals surface area contributed by atoms with Gasteiger partial charge in [0.05, 0.1) is 13.1 Å². The summed E-state index contributed by atoms with van der Waals surface area (Å²) in [5.74, 6) is -1.96. The minimum Gasteiger partial charge on any atom is -0.372 e. The van der Waals surface area contributed by atoms with Gasteiger partial charge in [-0.1, -0.05) is 24.3 Å². The van der Waals surface area contributed by atoms with E-state index in [1.54, 1.807) is 25.1 Å². The molecule has 2 amide bonds. The Balaban J connectivity index is 1.93. The van der Waals surface area contributed by atoms with Crippen molar-refractivity contribution in [2.75, 3.05) is 13.7 Å². The van der Waals surface area contributed by atoms with E-state index in [4.69, 9.17) is 4.74 Å². The van der Waals surface area contributed by atoms with E-state index >= 15 is 0 Å². The van der Waals surface area contributed by atoms with Gasteiger partial charge in [-0.3, -0.25) is 9.59 Å². The van der Waals surface area contributed by atoms with Crippen LogP contribution in [0.2, 0.25) is 0 Å². The number of methoxy groups -OCH3 is 1. The highest BCUT2D eigenvalue weighted by atomic mass is 32.1. The molecule has 0 fully saturated rings. The van der Waals surface area contributed by atoms with Gasteiger partial charge < -0.3 is 15.4 Å². The van der Waals surface area contributed by atoms with Crippen molar-refractivity contribution in [2.24, 2.45) is 0 Å². The Kier molecular flexibility index (Phi) is 6.05. The summed E-state index contributed by atoms with van der Waals surface area (Å²) in [6.07, 6.45) is 0. The normalized spacial score (nSPS) is 13.1. The topological polar surface area (TPSA) is 67.4 Å². The Morgan fingerprint density at radius 2 is 1.88 bits per heavy atom. The van der Waals surface area contributed by atoms with E-state index in [1.165, 1.54) is 24.5 Å². The highest BCUT2D eigenvalue weighted by Crippen LogP contribution is 2.26. The van der Waals surface area contributed by atoms with Gasteiger partial charge in [0.25, 0.3) is 0 Å². The van der Waals surface area contributed by atoms with Gasteiger partial charge >= 0.3 is 11.8 Å². The smallest absolute Gasteiger partial charge is 0.309 e. The number of thiophene rings is 1. The van der Waals surface area contributed by atoms with Crippen molar-refractivity contribution < 1.29 is 18.7 Å². The Hall–Kier alpha value is -2.25. The van der Waals surface area contributed by atoms with Gasteiger partial charge in [0.1, 0.15) is 11.4 Å². The number of benzene rings is 1. The highest BCUT2D eigenvalue weighted by molar-refractivity contribution is 7.09. The van der Waals surface area contributed by atoms with E-state index in [0.717, 1.165) is 4.88 Å². The van der Waals surface area contributed by atoms with Crippen LogP contribution in [-0.2, 0) is 26.5 Å². The van der Waals surface area contributed by atoms with Crippen LogP contribution in [0.25, 0.3) is 0 Å². The van der Waals surface area contributed by atoms with E-state index in [0.29, 0.717) is 12.1 Å². The van der Waals surface area contributed by atoms with Crippen LogP contribution < -0.4 is 10.6 Å². The molecule has 2 N–H and O–H groups in total. The predicted octanol–water partition coefficient (Wildman–Crippen LogP) is 2.18. The first-order chi connectivity index (χ1) is 11.5. The molecule has 5 nitrogen and oxygen atoms in total. The summed E-state index contributed by atoms with van der Waals surface area (Å²) < 4.78 is 19.3. The molecule has 0 radical (unpaired) electrons. The van der Waals surface area contributed by atoms with E-state index in [2.05, 4.69) is 10.6 Å². The second-order valence-corrected chi connectivity index (χ2v) is 6.39. The maximum atomic E-state index is 14.0. The molecule has 0 aliphatic heterocycles. The molecule has 1 heterocycles. The van der Waals surface area contributed by atoms with Crippen molar-refractivity contribution >= 4 is 23.2 Å². The van der Waals surface area contributed by atoms with Crippen LogP contribution in [0.1, 0.15) is 17.4 Å². The largest absolute Gasteiger partial charge is 0.372 e. The average Bonchev–Trinajstić information content (AvgIpc) is 3.11. The first-order valence-corrected chi connectivity index (χ1v) is 8.23. The predicted molar refractivity (Wildman–Crippen MR) is 89.9 cm³/mol. The number of rotatable bonds is 6. The second-order valence-electron chi connectivity index (χ2n) is 5.36. The number of amides is 2. The van der Waals surface area contributed by atoms with Gasteiger partial charge in [-0.05, 0) is 24.4 Å². The van der Waals surface area contributed by atoms with Crippen LogP contribution >= 0.6 is 11.3 Å². The van der Waals surface area contributed by atoms with Crippen molar-refractivity contribution in [3.63, 3.8) is 0 Å². The lowest BCUT2D eigenvalue weighted by Gasteiger charge is -2.29. The van der Waals surface area contributed by atoms with E-state index < -0.39 is 23.2 Å². The Bertz CT molecular complexity index is 706. The summed E-state index contributed by atoms with van der Waals surface area (Å²) in [5.41, 5.74) is -0.763. The van der Waals surface area contributed by atoms with Gasteiger partial charge in [-0.2, -0.15) is 0 Å². The highest BCUT2D eigenvalue weighted by Gasteiger charge is 2.30. The Labute approximate surface area is 143 Å². The number of hydrogen-bond acceptors (Lipinski definition) is 4. The fraction of sp³-hybridized carbons (Fsp3) is 0.294. The number of carbonyl (C=O) groups excluding carboxylic acids is 2. The molecule has 0 bridgehead atoms. The lowest BCUT2D eigenvalue weighted by atomic mass is 9.95. The molecule has 2 aromatic rings. The van der Waals surface area contributed by atoms with Gasteiger partial charge in [-0.25, -0.2) is 4.39 Å². The molecular formula is C17H19FN2O3S. The quantitative estimate of drug-likeness (QED) is 0.785. The molecule has 1 atom stereocenters. The Morgan fingerprint density at radius 3 is 2.50 bits per heavy atom. The summed E-state index contributed by atoms with van der Waals surface area (Å²) in [6, 6.07) is 9.90. The fourth-order valence-electron chi connectivity index (χ4n) is 2.16. The summed E-state index contributed by atoms with van der Waals surface area (Å²) >= 11 is 1.49. The molecule has 7 heteroatoms. The molecule has 24 heavy (non-hydrogen) atoms. The molecule has 0 aliphatic carbocycles. The summed E-state index contributed by atoms with van der Waals surface area (Å²) in [6.45, 7) is 1.91. The van der Waals surface area contributed by atoms with Gasteiger partial charge in [0, 0.05) is 17.6 Å². The maximum Gasteiger partial charge on any atom is 0.309 e. The maximum absolute atomic E-state index is 14.0. The van der Waals surface area contributed by atoms with Gasteiger partial charge in [0.15, 0.2) is 0 Å². The van der Waals surface area contributed by atoms with Gasteiger partial charge in [0.2, 0.25) is 0 Å². The summed E-state index contributed by atoms with van der Waals surface area (Å²) in [7, 11) is 1.43. The van der Waals surface area contributed by atoms with Crippen LogP contribution in [0.15, 0.2) is 41.8 Å². The summed E-state index contributed by atoms with van der Waals surface area (Å²) in [5, 5.41) is 6.91. The van der Waals surface area contributed by atoms with Crippen molar-refractivity contribution in [3.05, 3.63) is 58.0 Å². The van der Waals surface area contributed by atoms with Crippen LogP contribution in [0.5, 0.6) is 0 Å². The first kappa shape index (κ1) is 18.1. The second kappa shape index (κ2) is 8.03. The minimum absolute atomic E-state index is 0.0321. The van der Waals surface area contributed by atoms with E-state index in [1.807, 2.05) is 17.5 Å². The SMILES string of the molecule is CO[C@@](C)(CNC(=O)C(=O)NCc1cccs1)c1ccccc1F. The Morgan fingerprint density at radius 1 is 1.17 bits per heavy atom. The molecule has 128 valence electrons. The average molecular weight is 350 g/mol. The number of nitrogens with one attached hydrogen (secondary N) is 2. The number of halogens is 1. The van der Waals surface area contributed by atoms with Crippen LogP contribution in [0.4, 0.5) is 4.39 Å². The third-order valence-corrected chi connectivity index (χ3v) is 4.57. The van der Waals surface area contributed by atoms with Crippen molar-refractivity contribution in [1.82, 2.24) is 10.6 Å². The molecule has 1 aromatic heterocycles. The van der Waals surface area contributed by atoms with Crippen LogP contribution in [-0.4, -0.2) is 25.5 Å². The molecule has 0 saturated heterocycles. The van der Waals surface area contributed by atoms with Gasteiger partial charge in [-0.15, -0.1) is 11.3 Å².